The maximum Gasteiger partial charge on any atom is 0.309 e. The summed E-state index contributed by atoms with van der Waals surface area (Å²) in [6.45, 7) is 8.73. The largest absolute Gasteiger partial charge is 0.487 e. The lowest BCUT2D eigenvalue weighted by Crippen LogP contribution is -2.41. The molecule has 1 aliphatic rings. The predicted octanol–water partition coefficient (Wildman–Crippen LogP) is 4.82. The van der Waals surface area contributed by atoms with E-state index < -0.39 is 0 Å². The van der Waals surface area contributed by atoms with Crippen LogP contribution in [0.3, 0.4) is 0 Å². The van der Waals surface area contributed by atoms with E-state index in [9.17, 15) is 4.79 Å². The van der Waals surface area contributed by atoms with Gasteiger partial charge >= 0.3 is 5.97 Å². The molecule has 30 heavy (non-hydrogen) atoms. The van der Waals surface area contributed by atoms with E-state index in [4.69, 9.17) is 15.9 Å². The van der Waals surface area contributed by atoms with Crippen molar-refractivity contribution in [1.29, 1.82) is 0 Å². The summed E-state index contributed by atoms with van der Waals surface area (Å²) in [4.78, 5) is 11.4. The quantitative estimate of drug-likeness (QED) is 0.548. The average molecular weight is 401 g/mol. The zero-order valence-electron chi connectivity index (χ0n) is 18.4. The van der Waals surface area contributed by atoms with Crippen molar-refractivity contribution in [2.45, 2.75) is 58.0 Å². The summed E-state index contributed by atoms with van der Waals surface area (Å²) < 4.78 is 11.0. The molecule has 3 heteroatoms. The average Bonchev–Trinajstić information content (AvgIpc) is 2.67. The molecule has 0 saturated heterocycles. The molecule has 1 aliphatic heterocycles. The van der Waals surface area contributed by atoms with Crippen LogP contribution in [0.15, 0.2) is 36.4 Å². The van der Waals surface area contributed by atoms with Gasteiger partial charge in [0.2, 0.25) is 0 Å². The Morgan fingerprint density at radius 2 is 1.77 bits per heavy atom. The van der Waals surface area contributed by atoms with Gasteiger partial charge in [0.1, 0.15) is 11.4 Å². The van der Waals surface area contributed by atoms with Crippen LogP contribution >= 0.6 is 0 Å². The standard InChI is InChI=1S/C27H28O3/c1-7-8-22-15-21(16-23-25(22)30-27(4,5)18-26(23,2)3)14-11-19-9-12-20(13-10-19)17-24(28)29-6/h1,9-10,12-13,15-16H,8,17-18H2,2-6H3. The van der Waals surface area contributed by atoms with Crippen LogP contribution in [0, 0.1) is 24.2 Å². The molecule has 0 aliphatic carbocycles. The summed E-state index contributed by atoms with van der Waals surface area (Å²) >= 11 is 0. The molecule has 154 valence electrons. The first-order chi connectivity index (χ1) is 14.1. The first-order valence-electron chi connectivity index (χ1n) is 10.1. The fraction of sp³-hybridized carbons (Fsp3) is 0.370. The summed E-state index contributed by atoms with van der Waals surface area (Å²) in [6, 6.07) is 11.8. The van der Waals surface area contributed by atoms with Crippen molar-refractivity contribution >= 4 is 5.97 Å². The number of rotatable bonds is 3. The Labute approximate surface area is 179 Å². The predicted molar refractivity (Wildman–Crippen MR) is 119 cm³/mol. The molecule has 2 aromatic carbocycles. The lowest BCUT2D eigenvalue weighted by Gasteiger charge is -2.43. The maximum absolute atomic E-state index is 11.4. The lowest BCUT2D eigenvalue weighted by atomic mass is 9.72. The second-order valence-corrected chi connectivity index (χ2v) is 9.02. The monoisotopic (exact) mass is 400 g/mol. The number of benzene rings is 2. The number of ether oxygens (including phenoxy) is 2. The van der Waals surface area contributed by atoms with E-state index in [1.165, 1.54) is 7.11 Å². The Morgan fingerprint density at radius 3 is 2.40 bits per heavy atom. The number of carbonyl (C=O) groups excluding carboxylic acids is 1. The van der Waals surface area contributed by atoms with Crippen LogP contribution < -0.4 is 4.74 Å². The van der Waals surface area contributed by atoms with E-state index in [1.54, 1.807) is 0 Å². The molecular formula is C27H28O3. The highest BCUT2D eigenvalue weighted by Gasteiger charge is 2.40. The van der Waals surface area contributed by atoms with Crippen LogP contribution in [0.4, 0.5) is 0 Å². The Hall–Kier alpha value is -3.17. The molecule has 0 N–H and O–H groups in total. The summed E-state index contributed by atoms with van der Waals surface area (Å²) in [5.74, 6) is 9.90. The normalized spacial score (nSPS) is 15.6. The smallest absolute Gasteiger partial charge is 0.309 e. The minimum absolute atomic E-state index is 0.0341. The van der Waals surface area contributed by atoms with Crippen molar-refractivity contribution in [3.8, 4) is 29.9 Å². The van der Waals surface area contributed by atoms with Crippen LogP contribution in [0.5, 0.6) is 5.75 Å². The lowest BCUT2D eigenvalue weighted by molar-refractivity contribution is -0.139. The van der Waals surface area contributed by atoms with Gasteiger partial charge in [-0.25, -0.2) is 0 Å². The number of methoxy groups -OCH3 is 1. The summed E-state index contributed by atoms with van der Waals surface area (Å²) in [6.07, 6.45) is 7.31. The molecule has 0 aromatic heterocycles. The van der Waals surface area contributed by atoms with Crippen LogP contribution in [0.1, 0.15) is 61.9 Å². The van der Waals surface area contributed by atoms with E-state index >= 15 is 0 Å². The van der Waals surface area contributed by atoms with Gasteiger partial charge in [-0.3, -0.25) is 4.79 Å². The van der Waals surface area contributed by atoms with Gasteiger partial charge in [-0.05, 0) is 55.5 Å². The van der Waals surface area contributed by atoms with Gasteiger partial charge < -0.3 is 9.47 Å². The third kappa shape index (κ3) is 4.87. The molecule has 1 heterocycles. The minimum atomic E-state index is -0.253. The number of fused-ring (bicyclic) bond motifs is 1. The second kappa shape index (κ2) is 8.29. The van der Waals surface area contributed by atoms with E-state index in [-0.39, 0.29) is 23.4 Å². The maximum atomic E-state index is 11.4. The molecular weight excluding hydrogens is 372 g/mol. The molecule has 0 bridgehead atoms. The zero-order chi connectivity index (χ0) is 21.9. The molecule has 3 rings (SSSR count). The van der Waals surface area contributed by atoms with Crippen LogP contribution in [-0.2, 0) is 27.8 Å². The zero-order valence-corrected chi connectivity index (χ0v) is 18.4. The highest BCUT2D eigenvalue weighted by atomic mass is 16.5. The first-order valence-corrected chi connectivity index (χ1v) is 10.1. The van der Waals surface area contributed by atoms with Crippen molar-refractivity contribution < 1.29 is 14.3 Å². The SMILES string of the molecule is C#CCc1cc(C#Cc2ccc(CC(=O)OC)cc2)cc2c1OC(C)(C)CC2(C)C. The minimum Gasteiger partial charge on any atom is -0.487 e. The fourth-order valence-electron chi connectivity index (χ4n) is 4.19. The molecule has 3 nitrogen and oxygen atoms in total. The van der Waals surface area contributed by atoms with Crippen LogP contribution in [0.25, 0.3) is 0 Å². The molecule has 0 radical (unpaired) electrons. The highest BCUT2D eigenvalue weighted by Crippen LogP contribution is 2.46. The number of hydrogen-bond acceptors (Lipinski definition) is 3. The fourth-order valence-corrected chi connectivity index (χ4v) is 4.19. The number of terminal acetylenes is 1. The Balaban J connectivity index is 1.95. The van der Waals surface area contributed by atoms with Gasteiger partial charge in [0, 0.05) is 28.7 Å². The number of carbonyl (C=O) groups is 1. The van der Waals surface area contributed by atoms with Gasteiger partial charge in [0.15, 0.2) is 0 Å². The van der Waals surface area contributed by atoms with Gasteiger partial charge in [0.05, 0.1) is 13.5 Å². The van der Waals surface area contributed by atoms with Gasteiger partial charge in [0.25, 0.3) is 0 Å². The van der Waals surface area contributed by atoms with Gasteiger partial charge in [-0.2, -0.15) is 0 Å². The molecule has 0 saturated carbocycles. The van der Waals surface area contributed by atoms with Gasteiger partial charge in [-0.1, -0.05) is 37.8 Å². The third-order valence-corrected chi connectivity index (χ3v) is 5.31. The Bertz CT molecular complexity index is 1050. The van der Waals surface area contributed by atoms with E-state index in [1.807, 2.05) is 30.3 Å². The molecule has 0 atom stereocenters. The van der Waals surface area contributed by atoms with E-state index in [0.29, 0.717) is 6.42 Å². The molecule has 0 fully saturated rings. The molecule has 0 unspecified atom stereocenters. The second-order valence-electron chi connectivity index (χ2n) is 9.02. The first kappa shape index (κ1) is 21.5. The summed E-state index contributed by atoms with van der Waals surface area (Å²) in [5, 5.41) is 0. The van der Waals surface area contributed by atoms with Crippen LogP contribution in [0.2, 0.25) is 0 Å². The Morgan fingerprint density at radius 1 is 1.10 bits per heavy atom. The highest BCUT2D eigenvalue weighted by molar-refractivity contribution is 5.72. The summed E-state index contributed by atoms with van der Waals surface area (Å²) in [7, 11) is 1.39. The van der Waals surface area contributed by atoms with Crippen molar-refractivity contribution in [2.24, 2.45) is 0 Å². The van der Waals surface area contributed by atoms with E-state index in [2.05, 4.69) is 51.5 Å². The molecule has 0 amide bonds. The van der Waals surface area contributed by atoms with E-state index in [0.717, 1.165) is 40.0 Å². The number of hydrogen-bond donors (Lipinski definition) is 0. The van der Waals surface area contributed by atoms with Crippen molar-refractivity contribution in [3.05, 3.63) is 64.2 Å². The topological polar surface area (TPSA) is 35.5 Å². The third-order valence-electron chi connectivity index (χ3n) is 5.31. The van der Waals surface area contributed by atoms with Crippen molar-refractivity contribution in [1.82, 2.24) is 0 Å². The Kier molecular flexibility index (Phi) is 5.95. The number of esters is 1. The van der Waals surface area contributed by atoms with Crippen molar-refractivity contribution in [2.75, 3.05) is 7.11 Å². The van der Waals surface area contributed by atoms with Gasteiger partial charge in [-0.15, -0.1) is 12.3 Å². The van der Waals surface area contributed by atoms with Crippen LogP contribution in [-0.4, -0.2) is 18.7 Å². The molecule has 0 spiro atoms. The molecule has 2 aromatic rings. The summed E-state index contributed by atoms with van der Waals surface area (Å²) in [5.41, 5.74) is 4.61. The van der Waals surface area contributed by atoms with Crippen molar-refractivity contribution in [3.63, 3.8) is 0 Å².